The molecule has 0 radical (unpaired) electrons. The number of hydrogen-bond acceptors (Lipinski definition) is 4. The molecule has 1 aromatic rings. The summed E-state index contributed by atoms with van der Waals surface area (Å²) in [5.41, 5.74) is 0. The fourth-order valence-corrected chi connectivity index (χ4v) is 3.84. The van der Waals surface area contributed by atoms with Crippen LogP contribution in [0.1, 0.15) is 31.5 Å². The van der Waals surface area contributed by atoms with Gasteiger partial charge in [0.05, 0.1) is 5.75 Å². The summed E-state index contributed by atoms with van der Waals surface area (Å²) < 4.78 is 0. The van der Waals surface area contributed by atoms with Gasteiger partial charge in [0.25, 0.3) is 0 Å². The number of hydrogen-bond donors (Lipinski definition) is 2. The first-order valence-corrected chi connectivity index (χ1v) is 7.50. The number of aromatic nitrogens is 3. The van der Waals surface area contributed by atoms with Crippen molar-refractivity contribution in [3.05, 3.63) is 5.82 Å². The van der Waals surface area contributed by atoms with E-state index in [9.17, 15) is 4.79 Å². The number of nitrogens with zero attached hydrogens (tertiary/aromatic N) is 2. The van der Waals surface area contributed by atoms with Crippen molar-refractivity contribution < 1.29 is 4.79 Å². The fraction of sp³-hybridized carbons (Fsp3) is 0.750. The summed E-state index contributed by atoms with van der Waals surface area (Å²) in [6, 6.07) is 0.422. The minimum Gasteiger partial charge on any atom is -0.352 e. The molecule has 3 rings (SSSR count). The maximum Gasteiger partial charge on any atom is 0.230 e. The third-order valence-electron chi connectivity index (χ3n) is 3.99. The van der Waals surface area contributed by atoms with Crippen LogP contribution in [0.3, 0.4) is 0 Å². The van der Waals surface area contributed by atoms with Crippen molar-refractivity contribution in [1.29, 1.82) is 0 Å². The minimum absolute atomic E-state index is 0.111. The zero-order chi connectivity index (χ0) is 12.5. The lowest BCUT2D eigenvalue weighted by Crippen LogP contribution is -2.39. The topological polar surface area (TPSA) is 70.7 Å². The Hall–Kier alpha value is -1.04. The smallest absolute Gasteiger partial charge is 0.230 e. The summed E-state index contributed by atoms with van der Waals surface area (Å²) in [4.78, 5) is 16.0. The predicted octanol–water partition coefficient (Wildman–Crippen LogP) is 1.51. The summed E-state index contributed by atoms with van der Waals surface area (Å²) in [6.07, 6.45) is 5.16. The van der Waals surface area contributed by atoms with E-state index in [1.807, 2.05) is 6.92 Å². The third kappa shape index (κ3) is 2.53. The van der Waals surface area contributed by atoms with Crippen molar-refractivity contribution in [2.24, 2.45) is 11.8 Å². The normalized spacial score (nSPS) is 29.7. The van der Waals surface area contributed by atoms with Gasteiger partial charge in [-0.2, -0.15) is 0 Å². The average molecular weight is 266 g/mol. The van der Waals surface area contributed by atoms with Gasteiger partial charge in [0, 0.05) is 6.04 Å². The number of carbonyl (C=O) groups excluding carboxylic acids is 1. The highest BCUT2D eigenvalue weighted by Crippen LogP contribution is 2.44. The van der Waals surface area contributed by atoms with Crippen LogP contribution in [-0.4, -0.2) is 32.9 Å². The molecule has 0 aromatic carbocycles. The molecule has 2 bridgehead atoms. The summed E-state index contributed by atoms with van der Waals surface area (Å²) in [6.45, 7) is 1.85. The highest BCUT2D eigenvalue weighted by atomic mass is 32.2. The lowest BCUT2D eigenvalue weighted by atomic mass is 9.95. The molecule has 6 heteroatoms. The SMILES string of the molecule is Cc1nc(SCC(=O)N[C@@H]2C[C@H]3CC[C@@H]2C3)n[nH]1. The Morgan fingerprint density at radius 1 is 1.50 bits per heavy atom. The van der Waals surface area contributed by atoms with Crippen LogP contribution in [-0.2, 0) is 4.79 Å². The maximum absolute atomic E-state index is 11.9. The summed E-state index contributed by atoms with van der Waals surface area (Å²) in [5.74, 6) is 2.90. The van der Waals surface area contributed by atoms with E-state index in [0.717, 1.165) is 17.7 Å². The molecule has 1 amide bonds. The van der Waals surface area contributed by atoms with Gasteiger partial charge in [-0.05, 0) is 38.0 Å². The molecule has 5 nitrogen and oxygen atoms in total. The van der Waals surface area contributed by atoms with E-state index in [1.165, 1.54) is 37.4 Å². The van der Waals surface area contributed by atoms with Gasteiger partial charge in [-0.15, -0.1) is 5.10 Å². The van der Waals surface area contributed by atoms with Gasteiger partial charge in [-0.3, -0.25) is 9.89 Å². The van der Waals surface area contributed by atoms with E-state index in [4.69, 9.17) is 0 Å². The van der Waals surface area contributed by atoms with Crippen LogP contribution in [0.25, 0.3) is 0 Å². The van der Waals surface area contributed by atoms with Crippen molar-refractivity contribution in [3.63, 3.8) is 0 Å². The first-order chi connectivity index (χ1) is 8.70. The molecular formula is C12H18N4OS. The Kier molecular flexibility index (Phi) is 3.28. The van der Waals surface area contributed by atoms with Crippen LogP contribution in [0.5, 0.6) is 0 Å². The zero-order valence-electron chi connectivity index (χ0n) is 10.5. The number of carbonyl (C=O) groups is 1. The average Bonchev–Trinajstić information content (AvgIpc) is 3.03. The molecule has 2 fully saturated rings. The molecule has 1 heterocycles. The van der Waals surface area contributed by atoms with E-state index < -0.39 is 0 Å². The van der Waals surface area contributed by atoms with Gasteiger partial charge >= 0.3 is 0 Å². The maximum atomic E-state index is 11.9. The molecule has 98 valence electrons. The van der Waals surface area contributed by atoms with Gasteiger partial charge in [0.2, 0.25) is 11.1 Å². The minimum atomic E-state index is 0.111. The van der Waals surface area contributed by atoms with E-state index in [1.54, 1.807) is 0 Å². The Morgan fingerprint density at radius 3 is 3.00 bits per heavy atom. The first kappa shape index (κ1) is 12.0. The number of thioether (sulfide) groups is 1. The molecule has 18 heavy (non-hydrogen) atoms. The highest BCUT2D eigenvalue weighted by molar-refractivity contribution is 7.99. The lowest BCUT2D eigenvalue weighted by molar-refractivity contribution is -0.119. The first-order valence-electron chi connectivity index (χ1n) is 6.52. The molecule has 0 unspecified atom stereocenters. The predicted molar refractivity (Wildman–Crippen MR) is 69.2 cm³/mol. The molecular weight excluding hydrogens is 248 g/mol. The second kappa shape index (κ2) is 4.91. The second-order valence-electron chi connectivity index (χ2n) is 5.34. The summed E-state index contributed by atoms with van der Waals surface area (Å²) >= 11 is 1.39. The number of H-pyrrole nitrogens is 1. The van der Waals surface area contributed by atoms with Crippen molar-refractivity contribution in [3.8, 4) is 0 Å². The molecule has 2 aliphatic rings. The summed E-state index contributed by atoms with van der Waals surface area (Å²) in [7, 11) is 0. The Bertz CT molecular complexity index is 447. The van der Waals surface area contributed by atoms with E-state index in [-0.39, 0.29) is 5.91 Å². The van der Waals surface area contributed by atoms with Crippen LogP contribution < -0.4 is 5.32 Å². The second-order valence-corrected chi connectivity index (χ2v) is 6.28. The molecule has 3 atom stereocenters. The summed E-state index contributed by atoms with van der Waals surface area (Å²) in [5, 5.41) is 10.6. The number of aromatic amines is 1. The number of aryl methyl sites for hydroxylation is 1. The quantitative estimate of drug-likeness (QED) is 0.810. The van der Waals surface area contributed by atoms with Crippen LogP contribution in [0.15, 0.2) is 5.16 Å². The van der Waals surface area contributed by atoms with Gasteiger partial charge in [-0.1, -0.05) is 18.2 Å². The number of amides is 1. The van der Waals surface area contributed by atoms with Gasteiger partial charge in [0.15, 0.2) is 0 Å². The standard InChI is InChI=1S/C12H18N4OS/c1-7-13-12(16-15-7)18-6-11(17)14-10-5-8-2-3-9(10)4-8/h8-10H,2-6H2,1H3,(H,14,17)(H,13,15,16)/t8-,9+,10+/m0/s1. The number of nitrogens with one attached hydrogen (secondary N) is 2. The van der Waals surface area contributed by atoms with Crippen molar-refractivity contribution in [1.82, 2.24) is 20.5 Å². The van der Waals surface area contributed by atoms with Gasteiger partial charge in [0.1, 0.15) is 5.82 Å². The van der Waals surface area contributed by atoms with Crippen molar-refractivity contribution in [2.45, 2.75) is 43.8 Å². The Balaban J connectivity index is 1.45. The molecule has 0 aliphatic heterocycles. The largest absolute Gasteiger partial charge is 0.352 e. The fourth-order valence-electron chi connectivity index (χ4n) is 3.19. The Morgan fingerprint density at radius 2 is 2.39 bits per heavy atom. The van der Waals surface area contributed by atoms with E-state index >= 15 is 0 Å². The Labute approximate surface area is 111 Å². The lowest BCUT2D eigenvalue weighted by Gasteiger charge is -2.22. The molecule has 2 aliphatic carbocycles. The van der Waals surface area contributed by atoms with E-state index in [2.05, 4.69) is 20.5 Å². The molecule has 2 N–H and O–H groups in total. The zero-order valence-corrected chi connectivity index (χ0v) is 11.3. The molecule has 0 saturated heterocycles. The van der Waals surface area contributed by atoms with Gasteiger partial charge in [-0.25, -0.2) is 4.98 Å². The molecule has 2 saturated carbocycles. The van der Waals surface area contributed by atoms with Crippen LogP contribution >= 0.6 is 11.8 Å². The third-order valence-corrected chi connectivity index (χ3v) is 4.84. The highest BCUT2D eigenvalue weighted by Gasteiger charge is 2.39. The van der Waals surface area contributed by atoms with Crippen LogP contribution in [0.4, 0.5) is 0 Å². The monoisotopic (exact) mass is 266 g/mol. The molecule has 1 aromatic heterocycles. The number of rotatable bonds is 4. The van der Waals surface area contributed by atoms with Gasteiger partial charge < -0.3 is 5.32 Å². The van der Waals surface area contributed by atoms with Crippen molar-refractivity contribution >= 4 is 17.7 Å². The van der Waals surface area contributed by atoms with E-state index in [0.29, 0.717) is 17.0 Å². The van der Waals surface area contributed by atoms with Crippen LogP contribution in [0, 0.1) is 18.8 Å². The molecule has 0 spiro atoms. The number of fused-ring (bicyclic) bond motifs is 2. The van der Waals surface area contributed by atoms with Crippen molar-refractivity contribution in [2.75, 3.05) is 5.75 Å². The van der Waals surface area contributed by atoms with Crippen LogP contribution in [0.2, 0.25) is 0 Å².